The van der Waals surface area contributed by atoms with E-state index in [2.05, 4.69) is 52.1 Å². The van der Waals surface area contributed by atoms with E-state index < -0.39 is 0 Å². The summed E-state index contributed by atoms with van der Waals surface area (Å²) in [7, 11) is 2.99. The number of carbonyl (C=O) groups excluding carboxylic acids is 1. The summed E-state index contributed by atoms with van der Waals surface area (Å²) in [5.74, 6) is 0.675. The first-order valence-corrected chi connectivity index (χ1v) is 13.3. The Bertz CT molecular complexity index is 1250. The van der Waals surface area contributed by atoms with Gasteiger partial charge < -0.3 is 24.6 Å². The summed E-state index contributed by atoms with van der Waals surface area (Å²) in [6.45, 7) is 12.4. The number of esters is 1. The number of halogens is 1. The van der Waals surface area contributed by atoms with Gasteiger partial charge in [-0.15, -0.1) is 0 Å². The number of phenolic OH excluding ortho intramolecular Hbond substituents is 1. The van der Waals surface area contributed by atoms with Crippen LogP contribution < -0.4 is 14.8 Å². The van der Waals surface area contributed by atoms with E-state index in [1.165, 1.54) is 55.5 Å². The van der Waals surface area contributed by atoms with Crippen molar-refractivity contribution in [1.29, 1.82) is 0 Å². The highest BCUT2D eigenvalue weighted by Gasteiger charge is 2.27. The standard InChI is InChI=1S/C25H32FNO2.C8H10O3/c1-16(2)19(5)24(23-10-8-7-9-17(23)3)25(18(4)15-29-20(6)28)27-22-13-11-21(26)12-14-22;1-10-6-4-3-5-7(11-2)8(6)9/h7-14,16,18,25,27H,15H2,1-6H3;3-5,9H,1-2H3/b24-19-;/t18-,25+;/m1./s1. The van der Waals surface area contributed by atoms with Crippen molar-refractivity contribution < 1.29 is 28.5 Å². The number of ether oxygens (including phenoxy) is 3. The maximum Gasteiger partial charge on any atom is 0.302 e. The van der Waals surface area contributed by atoms with Crippen LogP contribution in [0.3, 0.4) is 0 Å². The van der Waals surface area contributed by atoms with Gasteiger partial charge >= 0.3 is 5.97 Å². The molecule has 0 saturated heterocycles. The third kappa shape index (κ3) is 9.04. The Hall–Kier alpha value is -4.00. The molecule has 0 aliphatic heterocycles. The topological polar surface area (TPSA) is 77.0 Å². The van der Waals surface area contributed by atoms with Crippen molar-refractivity contribution in [1.82, 2.24) is 0 Å². The molecule has 0 aromatic heterocycles. The van der Waals surface area contributed by atoms with Crippen molar-refractivity contribution in [3.8, 4) is 17.2 Å². The van der Waals surface area contributed by atoms with Gasteiger partial charge in [-0.05, 0) is 72.9 Å². The van der Waals surface area contributed by atoms with E-state index in [9.17, 15) is 14.3 Å². The molecule has 3 aromatic rings. The number of aromatic hydroxyl groups is 1. The molecule has 0 radical (unpaired) electrons. The van der Waals surface area contributed by atoms with Gasteiger partial charge in [0.1, 0.15) is 5.82 Å². The summed E-state index contributed by atoms with van der Waals surface area (Å²) >= 11 is 0. The summed E-state index contributed by atoms with van der Waals surface area (Å²) in [5, 5.41) is 12.9. The minimum atomic E-state index is -0.292. The highest BCUT2D eigenvalue weighted by Crippen LogP contribution is 2.35. The molecule has 6 nitrogen and oxygen atoms in total. The first-order valence-electron chi connectivity index (χ1n) is 13.3. The summed E-state index contributed by atoms with van der Waals surface area (Å²) in [4.78, 5) is 11.4. The van der Waals surface area contributed by atoms with Crippen molar-refractivity contribution >= 4 is 17.2 Å². The maximum atomic E-state index is 13.4. The van der Waals surface area contributed by atoms with Crippen LogP contribution in [0.15, 0.2) is 72.3 Å². The van der Waals surface area contributed by atoms with Gasteiger partial charge in [-0.2, -0.15) is 0 Å². The molecule has 0 amide bonds. The van der Waals surface area contributed by atoms with E-state index in [1.807, 2.05) is 12.1 Å². The molecule has 0 aliphatic rings. The molecule has 216 valence electrons. The van der Waals surface area contributed by atoms with Crippen molar-refractivity contribution in [2.24, 2.45) is 11.8 Å². The van der Waals surface area contributed by atoms with E-state index in [4.69, 9.17) is 14.2 Å². The van der Waals surface area contributed by atoms with Crippen molar-refractivity contribution in [2.45, 2.75) is 47.6 Å². The molecular weight excluding hydrogens is 509 g/mol. The van der Waals surface area contributed by atoms with Crippen molar-refractivity contribution in [3.05, 3.63) is 89.2 Å². The van der Waals surface area contributed by atoms with Crippen LogP contribution in [0, 0.1) is 24.6 Å². The first kappa shape index (κ1) is 32.2. The van der Waals surface area contributed by atoms with Crippen LogP contribution in [-0.2, 0) is 9.53 Å². The number of allylic oxidation sites excluding steroid dienone is 1. The normalized spacial score (nSPS) is 12.8. The van der Waals surface area contributed by atoms with Gasteiger partial charge in [-0.1, -0.05) is 56.7 Å². The minimum absolute atomic E-state index is 0.00672. The Morgan fingerprint density at radius 1 is 0.900 bits per heavy atom. The molecule has 3 aromatic carbocycles. The van der Waals surface area contributed by atoms with Gasteiger partial charge in [0, 0.05) is 18.5 Å². The molecule has 2 N–H and O–H groups in total. The lowest BCUT2D eigenvalue weighted by Gasteiger charge is -2.32. The second kappa shape index (κ2) is 15.6. The second-order valence-electron chi connectivity index (χ2n) is 9.99. The van der Waals surface area contributed by atoms with Crippen molar-refractivity contribution in [2.75, 3.05) is 26.1 Å². The van der Waals surface area contributed by atoms with Gasteiger partial charge in [-0.25, -0.2) is 4.39 Å². The number of rotatable bonds is 10. The Balaban J connectivity index is 0.000000425. The molecule has 0 unspecified atom stereocenters. The van der Waals surface area contributed by atoms with Crippen LogP contribution in [0.25, 0.3) is 5.57 Å². The molecule has 0 aliphatic carbocycles. The first-order chi connectivity index (χ1) is 19.0. The van der Waals surface area contributed by atoms with Gasteiger partial charge in [0.2, 0.25) is 5.75 Å². The van der Waals surface area contributed by atoms with Crippen LogP contribution in [0.5, 0.6) is 17.2 Å². The molecule has 0 saturated carbocycles. The smallest absolute Gasteiger partial charge is 0.302 e. The highest BCUT2D eigenvalue weighted by atomic mass is 19.1. The van der Waals surface area contributed by atoms with Crippen LogP contribution in [-0.4, -0.2) is 37.9 Å². The number of hydrogen-bond donors (Lipinski definition) is 2. The number of benzene rings is 3. The fraction of sp³-hybridized carbons (Fsp3) is 0.364. The molecule has 0 spiro atoms. The Kier molecular flexibility index (Phi) is 12.5. The molecule has 40 heavy (non-hydrogen) atoms. The number of phenols is 1. The SMILES string of the molecule is CC(=O)OC[C@@H](C)[C@H](Nc1ccc(F)cc1)/C(=C(/C)C(C)C)c1ccccc1C.COc1cccc(OC)c1O. The Labute approximate surface area is 237 Å². The van der Waals surface area contributed by atoms with Gasteiger partial charge in [-0.3, -0.25) is 4.79 Å². The largest absolute Gasteiger partial charge is 0.502 e. The summed E-state index contributed by atoms with van der Waals surface area (Å²) in [6, 6.07) is 19.7. The zero-order valence-electron chi connectivity index (χ0n) is 24.7. The number of anilines is 1. The average Bonchev–Trinajstić information content (AvgIpc) is 2.93. The van der Waals surface area contributed by atoms with E-state index in [0.29, 0.717) is 24.0 Å². The van der Waals surface area contributed by atoms with Gasteiger partial charge in [0.15, 0.2) is 11.5 Å². The number of aryl methyl sites for hydroxylation is 1. The second-order valence-corrected chi connectivity index (χ2v) is 9.99. The fourth-order valence-corrected chi connectivity index (χ4v) is 4.21. The van der Waals surface area contributed by atoms with E-state index in [1.54, 1.807) is 30.3 Å². The molecule has 2 atom stereocenters. The minimum Gasteiger partial charge on any atom is -0.502 e. The van der Waals surface area contributed by atoms with Crippen LogP contribution in [0.2, 0.25) is 0 Å². The molecule has 0 heterocycles. The predicted octanol–water partition coefficient (Wildman–Crippen LogP) is 7.65. The third-order valence-corrected chi connectivity index (χ3v) is 6.72. The zero-order valence-corrected chi connectivity index (χ0v) is 24.7. The number of para-hydroxylation sites is 1. The molecule has 0 bridgehead atoms. The zero-order chi connectivity index (χ0) is 29.8. The summed E-state index contributed by atoms with van der Waals surface area (Å²) in [5.41, 5.74) is 5.66. The molecule has 7 heteroatoms. The van der Waals surface area contributed by atoms with Crippen LogP contribution in [0.1, 0.15) is 45.7 Å². The molecule has 0 fully saturated rings. The molecule has 3 rings (SSSR count). The molecular formula is C33H42FNO5. The van der Waals surface area contributed by atoms with Crippen LogP contribution >= 0.6 is 0 Å². The van der Waals surface area contributed by atoms with Crippen LogP contribution in [0.4, 0.5) is 10.1 Å². The fourth-order valence-electron chi connectivity index (χ4n) is 4.21. The highest BCUT2D eigenvalue weighted by molar-refractivity contribution is 5.77. The average molecular weight is 552 g/mol. The number of carbonyl (C=O) groups is 1. The summed E-state index contributed by atoms with van der Waals surface area (Å²) < 4.78 is 28.5. The quantitative estimate of drug-likeness (QED) is 0.252. The lowest BCUT2D eigenvalue weighted by atomic mass is 9.82. The number of methoxy groups -OCH3 is 2. The van der Waals surface area contributed by atoms with Gasteiger partial charge in [0.25, 0.3) is 0 Å². The number of hydrogen-bond acceptors (Lipinski definition) is 6. The lowest BCUT2D eigenvalue weighted by molar-refractivity contribution is -0.142. The Morgan fingerprint density at radius 3 is 1.98 bits per heavy atom. The van der Waals surface area contributed by atoms with E-state index in [-0.39, 0.29) is 29.5 Å². The van der Waals surface area contributed by atoms with Gasteiger partial charge in [0.05, 0.1) is 26.9 Å². The lowest BCUT2D eigenvalue weighted by Crippen LogP contribution is -2.33. The maximum absolute atomic E-state index is 13.4. The number of nitrogens with one attached hydrogen (secondary N) is 1. The van der Waals surface area contributed by atoms with E-state index in [0.717, 1.165) is 5.69 Å². The third-order valence-electron chi connectivity index (χ3n) is 6.72. The predicted molar refractivity (Wildman–Crippen MR) is 159 cm³/mol. The van der Waals surface area contributed by atoms with E-state index >= 15 is 0 Å². The Morgan fingerprint density at radius 2 is 1.48 bits per heavy atom. The summed E-state index contributed by atoms with van der Waals surface area (Å²) in [6.07, 6.45) is 0. The van der Waals surface area contributed by atoms with Crippen molar-refractivity contribution in [3.63, 3.8) is 0 Å². The monoisotopic (exact) mass is 551 g/mol.